The van der Waals surface area contributed by atoms with Crippen molar-refractivity contribution in [2.75, 3.05) is 31.5 Å². The van der Waals surface area contributed by atoms with E-state index in [9.17, 15) is 9.59 Å². The van der Waals surface area contributed by atoms with Gasteiger partial charge >= 0.3 is 0 Å². The number of amides is 1. The van der Waals surface area contributed by atoms with E-state index in [1.165, 1.54) is 6.08 Å². The SMILES string of the molecule is C=CC(=O)N1CCN(CCn2c(=O)ccc3cnc(Nc4ccn(C(C)C)n4)nc32)[C@@H](C)C1. The maximum absolute atomic E-state index is 12.7. The largest absolute Gasteiger partial charge is 0.336 e. The van der Waals surface area contributed by atoms with E-state index >= 15 is 0 Å². The molecule has 1 fully saturated rings. The normalized spacial score (nSPS) is 17.0. The maximum atomic E-state index is 12.7. The van der Waals surface area contributed by atoms with Crippen LogP contribution in [-0.2, 0) is 11.3 Å². The van der Waals surface area contributed by atoms with Crippen molar-refractivity contribution in [1.82, 2.24) is 34.1 Å². The van der Waals surface area contributed by atoms with E-state index in [4.69, 9.17) is 0 Å². The molecule has 0 spiro atoms. The second-order valence-electron chi connectivity index (χ2n) is 8.57. The van der Waals surface area contributed by atoms with Crippen LogP contribution in [-0.4, -0.2) is 72.2 Å². The minimum absolute atomic E-state index is 0.0401. The van der Waals surface area contributed by atoms with Crippen LogP contribution in [0.15, 0.2) is 48.0 Å². The Morgan fingerprint density at radius 1 is 1.27 bits per heavy atom. The predicted octanol–water partition coefficient (Wildman–Crippen LogP) is 2.03. The van der Waals surface area contributed by atoms with Gasteiger partial charge in [0.1, 0.15) is 5.65 Å². The van der Waals surface area contributed by atoms with Crippen LogP contribution in [0.1, 0.15) is 26.8 Å². The van der Waals surface area contributed by atoms with Crippen LogP contribution < -0.4 is 10.9 Å². The number of nitrogens with one attached hydrogen (secondary N) is 1. The molecule has 10 heteroatoms. The summed E-state index contributed by atoms with van der Waals surface area (Å²) >= 11 is 0. The number of hydrogen-bond donors (Lipinski definition) is 1. The third-order valence-electron chi connectivity index (χ3n) is 5.96. The van der Waals surface area contributed by atoms with Gasteiger partial charge in [0, 0.05) is 74.7 Å². The van der Waals surface area contributed by atoms with Gasteiger partial charge in [0.15, 0.2) is 5.82 Å². The van der Waals surface area contributed by atoms with Gasteiger partial charge in [0.25, 0.3) is 5.56 Å². The molecule has 0 saturated carbocycles. The Labute approximate surface area is 192 Å². The number of piperazine rings is 1. The van der Waals surface area contributed by atoms with Crippen molar-refractivity contribution in [1.29, 1.82) is 0 Å². The molecule has 3 aromatic rings. The number of fused-ring (bicyclic) bond motifs is 1. The Hall–Kier alpha value is -3.53. The fourth-order valence-electron chi connectivity index (χ4n) is 4.04. The zero-order chi connectivity index (χ0) is 23.5. The van der Waals surface area contributed by atoms with Crippen LogP contribution in [0.5, 0.6) is 0 Å². The third-order valence-corrected chi connectivity index (χ3v) is 5.96. The quantitative estimate of drug-likeness (QED) is 0.550. The van der Waals surface area contributed by atoms with Crippen LogP contribution in [0.25, 0.3) is 11.0 Å². The number of pyridine rings is 1. The summed E-state index contributed by atoms with van der Waals surface area (Å²) in [7, 11) is 0. The molecule has 1 aliphatic rings. The smallest absolute Gasteiger partial charge is 0.252 e. The molecule has 3 aromatic heterocycles. The van der Waals surface area contributed by atoms with E-state index in [-0.39, 0.29) is 23.6 Å². The van der Waals surface area contributed by atoms with Crippen molar-refractivity contribution in [3.05, 3.63) is 53.6 Å². The molecule has 1 saturated heterocycles. The van der Waals surface area contributed by atoms with Crippen LogP contribution in [0, 0.1) is 0 Å². The van der Waals surface area contributed by atoms with Crippen molar-refractivity contribution < 1.29 is 4.79 Å². The van der Waals surface area contributed by atoms with E-state index in [1.807, 2.05) is 21.8 Å². The second-order valence-corrected chi connectivity index (χ2v) is 8.57. The highest BCUT2D eigenvalue weighted by Gasteiger charge is 2.25. The van der Waals surface area contributed by atoms with Crippen LogP contribution in [0.2, 0.25) is 0 Å². The van der Waals surface area contributed by atoms with Crippen molar-refractivity contribution in [3.8, 4) is 0 Å². The van der Waals surface area contributed by atoms with E-state index in [1.54, 1.807) is 22.9 Å². The lowest BCUT2D eigenvalue weighted by Crippen LogP contribution is -2.54. The van der Waals surface area contributed by atoms with Gasteiger partial charge in [-0.2, -0.15) is 10.1 Å². The van der Waals surface area contributed by atoms with Gasteiger partial charge in [-0.05, 0) is 32.9 Å². The van der Waals surface area contributed by atoms with Crippen molar-refractivity contribution in [2.45, 2.75) is 39.4 Å². The lowest BCUT2D eigenvalue weighted by molar-refractivity contribution is -0.128. The van der Waals surface area contributed by atoms with Gasteiger partial charge in [-0.1, -0.05) is 6.58 Å². The summed E-state index contributed by atoms with van der Waals surface area (Å²) in [6.07, 6.45) is 4.96. The lowest BCUT2D eigenvalue weighted by Gasteiger charge is -2.39. The molecular weight excluding hydrogens is 420 g/mol. The van der Waals surface area contributed by atoms with Crippen LogP contribution in [0.4, 0.5) is 11.8 Å². The summed E-state index contributed by atoms with van der Waals surface area (Å²) in [4.78, 5) is 37.7. The van der Waals surface area contributed by atoms with Gasteiger partial charge in [0.05, 0.1) is 0 Å². The van der Waals surface area contributed by atoms with E-state index in [0.29, 0.717) is 43.6 Å². The maximum Gasteiger partial charge on any atom is 0.252 e. The van der Waals surface area contributed by atoms with E-state index in [0.717, 1.165) is 11.9 Å². The predicted molar refractivity (Wildman–Crippen MR) is 128 cm³/mol. The molecule has 4 heterocycles. The Kier molecular flexibility index (Phi) is 6.55. The summed E-state index contributed by atoms with van der Waals surface area (Å²) in [6.45, 7) is 13.0. The molecule has 1 atom stereocenters. The minimum Gasteiger partial charge on any atom is -0.336 e. The van der Waals surface area contributed by atoms with Crippen molar-refractivity contribution in [2.24, 2.45) is 0 Å². The van der Waals surface area contributed by atoms with Crippen LogP contribution >= 0.6 is 0 Å². The first-order valence-electron chi connectivity index (χ1n) is 11.2. The lowest BCUT2D eigenvalue weighted by atomic mass is 10.2. The molecular formula is C23H30N8O2. The molecule has 1 aliphatic heterocycles. The molecule has 1 N–H and O–H groups in total. The van der Waals surface area contributed by atoms with Gasteiger partial charge in [0.2, 0.25) is 11.9 Å². The van der Waals surface area contributed by atoms with Gasteiger partial charge < -0.3 is 10.2 Å². The molecule has 0 bridgehead atoms. The zero-order valence-corrected chi connectivity index (χ0v) is 19.3. The van der Waals surface area contributed by atoms with Gasteiger partial charge in [-0.25, -0.2) is 4.98 Å². The molecule has 0 unspecified atom stereocenters. The summed E-state index contributed by atoms with van der Waals surface area (Å²) in [6, 6.07) is 5.60. The number of carbonyl (C=O) groups excluding carboxylic acids is 1. The van der Waals surface area contributed by atoms with Crippen molar-refractivity contribution in [3.63, 3.8) is 0 Å². The first-order chi connectivity index (χ1) is 15.9. The summed E-state index contributed by atoms with van der Waals surface area (Å²) < 4.78 is 3.53. The standard InChI is InChI=1S/C23H30N8O2/c1-5-20(32)29-11-10-28(17(4)15-29)12-13-30-21(33)7-6-18-14-24-23(26-22(18)30)25-19-8-9-31(27-19)16(2)3/h5-9,14,16-17H,1,10-13,15H2,2-4H3,(H,24,25,26,27)/t17-/m0/s1. The topological polar surface area (TPSA) is 101 Å². The molecule has 4 rings (SSSR count). The number of anilines is 2. The average Bonchev–Trinajstić information content (AvgIpc) is 3.27. The monoisotopic (exact) mass is 450 g/mol. The van der Waals surface area contributed by atoms with E-state index < -0.39 is 0 Å². The first kappa shape index (κ1) is 22.7. The number of nitrogens with zero attached hydrogens (tertiary/aromatic N) is 7. The summed E-state index contributed by atoms with van der Waals surface area (Å²) in [5.74, 6) is 0.996. The van der Waals surface area contributed by atoms with Gasteiger partial charge in [-0.15, -0.1) is 0 Å². The zero-order valence-electron chi connectivity index (χ0n) is 19.3. The Morgan fingerprint density at radius 2 is 2.09 bits per heavy atom. The number of carbonyl (C=O) groups is 1. The fraction of sp³-hybridized carbons (Fsp3) is 0.435. The highest BCUT2D eigenvalue weighted by Crippen LogP contribution is 2.16. The second kappa shape index (κ2) is 9.53. The molecule has 0 radical (unpaired) electrons. The molecule has 0 aliphatic carbocycles. The van der Waals surface area contributed by atoms with Crippen LogP contribution in [0.3, 0.4) is 0 Å². The highest BCUT2D eigenvalue weighted by molar-refractivity contribution is 5.87. The average molecular weight is 451 g/mol. The summed E-state index contributed by atoms with van der Waals surface area (Å²) in [5, 5.41) is 8.39. The molecule has 174 valence electrons. The third kappa shape index (κ3) is 4.95. The highest BCUT2D eigenvalue weighted by atomic mass is 16.2. The van der Waals surface area contributed by atoms with Crippen molar-refractivity contribution >= 4 is 28.7 Å². The molecule has 33 heavy (non-hydrogen) atoms. The fourth-order valence-corrected chi connectivity index (χ4v) is 4.04. The van der Waals surface area contributed by atoms with Gasteiger partial charge in [-0.3, -0.25) is 23.7 Å². The number of hydrogen-bond acceptors (Lipinski definition) is 7. The Balaban J connectivity index is 1.51. The first-order valence-corrected chi connectivity index (χ1v) is 11.2. The molecule has 10 nitrogen and oxygen atoms in total. The summed E-state index contributed by atoms with van der Waals surface area (Å²) in [5.41, 5.74) is 0.473. The minimum atomic E-state index is -0.107. The number of aromatic nitrogens is 5. The Morgan fingerprint density at radius 3 is 2.79 bits per heavy atom. The Bertz CT molecular complexity index is 1210. The molecule has 1 amide bonds. The van der Waals surface area contributed by atoms with E-state index in [2.05, 4.69) is 52.6 Å². The number of rotatable bonds is 7. The molecule has 0 aromatic carbocycles.